The number of rotatable bonds is 7. The van der Waals surface area contributed by atoms with Gasteiger partial charge in [0.2, 0.25) is 0 Å². The number of aliphatic imine (C=N–C) groups is 1. The first-order valence-corrected chi connectivity index (χ1v) is 11.2. The first-order valence-electron chi connectivity index (χ1n) is 11.2. The van der Waals surface area contributed by atoms with E-state index in [4.69, 9.17) is 4.52 Å². The molecule has 0 saturated carbocycles. The minimum absolute atomic E-state index is 0.418. The number of hydrogen-bond donors (Lipinski definition) is 2. The van der Waals surface area contributed by atoms with Crippen LogP contribution in [0.2, 0.25) is 0 Å². The summed E-state index contributed by atoms with van der Waals surface area (Å²) in [4.78, 5) is 15.6. The van der Waals surface area contributed by atoms with Crippen LogP contribution in [-0.2, 0) is 6.42 Å². The number of piperidine rings is 1. The van der Waals surface area contributed by atoms with E-state index in [1.807, 2.05) is 18.2 Å². The van der Waals surface area contributed by atoms with Crippen molar-refractivity contribution in [1.29, 1.82) is 0 Å². The Morgan fingerprint density at radius 3 is 2.66 bits per heavy atom. The van der Waals surface area contributed by atoms with E-state index in [1.165, 1.54) is 5.56 Å². The molecule has 32 heavy (non-hydrogen) atoms. The average molecular weight is 434 g/mol. The summed E-state index contributed by atoms with van der Waals surface area (Å²) < 4.78 is 5.32. The summed E-state index contributed by atoms with van der Waals surface area (Å²) in [5, 5.41) is 11.0. The standard InChI is InChI=1S/C24H31N7O/c1-18(19-8-4-3-5-9-19)31-16-12-20(13-17-31)28-24(25-2)27-15-11-22-29-23(32-30-22)21-10-6-7-14-26-21/h3-10,14,18,20H,11-13,15-17H2,1-2H3,(H2,25,27,28). The van der Waals surface area contributed by atoms with E-state index in [1.54, 1.807) is 13.2 Å². The second kappa shape index (κ2) is 10.9. The van der Waals surface area contributed by atoms with Gasteiger partial charge in [-0.3, -0.25) is 14.9 Å². The molecule has 0 aliphatic carbocycles. The van der Waals surface area contributed by atoms with Gasteiger partial charge in [-0.2, -0.15) is 4.98 Å². The van der Waals surface area contributed by atoms with Crippen LogP contribution < -0.4 is 10.6 Å². The van der Waals surface area contributed by atoms with E-state index < -0.39 is 0 Å². The number of pyridine rings is 1. The lowest BCUT2D eigenvalue weighted by Crippen LogP contribution is -2.49. The Kier molecular flexibility index (Phi) is 7.45. The van der Waals surface area contributed by atoms with E-state index in [-0.39, 0.29) is 0 Å². The third kappa shape index (κ3) is 5.70. The molecule has 1 saturated heterocycles. The highest BCUT2D eigenvalue weighted by molar-refractivity contribution is 5.79. The van der Waals surface area contributed by atoms with Gasteiger partial charge in [0, 0.05) is 51.4 Å². The summed E-state index contributed by atoms with van der Waals surface area (Å²) >= 11 is 0. The minimum Gasteiger partial charge on any atom is -0.356 e. The SMILES string of the molecule is CN=C(NCCc1noc(-c2ccccn2)n1)NC1CCN(C(C)c2ccccc2)CC1. The number of guanidine groups is 1. The van der Waals surface area contributed by atoms with Crippen molar-refractivity contribution in [2.45, 2.75) is 38.3 Å². The van der Waals surface area contributed by atoms with Crippen molar-refractivity contribution < 1.29 is 4.52 Å². The largest absolute Gasteiger partial charge is 0.356 e. The van der Waals surface area contributed by atoms with Crippen LogP contribution in [-0.4, -0.2) is 58.7 Å². The van der Waals surface area contributed by atoms with Gasteiger partial charge >= 0.3 is 0 Å². The third-order valence-electron chi connectivity index (χ3n) is 5.92. The number of nitrogens with zero attached hydrogens (tertiary/aromatic N) is 5. The molecule has 3 heterocycles. The predicted octanol–water partition coefficient (Wildman–Crippen LogP) is 3.06. The molecule has 4 rings (SSSR count). The van der Waals surface area contributed by atoms with E-state index in [0.717, 1.165) is 31.9 Å². The van der Waals surface area contributed by atoms with E-state index in [0.29, 0.717) is 42.5 Å². The van der Waals surface area contributed by atoms with E-state index >= 15 is 0 Å². The maximum atomic E-state index is 5.32. The van der Waals surface area contributed by atoms with Crippen molar-refractivity contribution in [2.24, 2.45) is 4.99 Å². The van der Waals surface area contributed by atoms with Crippen LogP contribution in [0.1, 0.15) is 37.2 Å². The molecule has 0 bridgehead atoms. The topological polar surface area (TPSA) is 91.5 Å². The van der Waals surface area contributed by atoms with Gasteiger partial charge in [-0.25, -0.2) is 0 Å². The number of hydrogen-bond acceptors (Lipinski definition) is 6. The smallest absolute Gasteiger partial charge is 0.276 e. The van der Waals surface area contributed by atoms with Crippen molar-refractivity contribution in [3.63, 3.8) is 0 Å². The molecule has 1 unspecified atom stereocenters. The van der Waals surface area contributed by atoms with Gasteiger partial charge in [-0.05, 0) is 37.5 Å². The van der Waals surface area contributed by atoms with Crippen molar-refractivity contribution in [2.75, 3.05) is 26.7 Å². The van der Waals surface area contributed by atoms with Gasteiger partial charge in [-0.1, -0.05) is 41.6 Å². The van der Waals surface area contributed by atoms with E-state index in [9.17, 15) is 0 Å². The third-order valence-corrected chi connectivity index (χ3v) is 5.92. The van der Waals surface area contributed by atoms with Crippen LogP contribution in [0.25, 0.3) is 11.6 Å². The predicted molar refractivity (Wildman–Crippen MR) is 125 cm³/mol. The Morgan fingerprint density at radius 1 is 1.16 bits per heavy atom. The van der Waals surface area contributed by atoms with Crippen LogP contribution >= 0.6 is 0 Å². The zero-order valence-corrected chi connectivity index (χ0v) is 18.7. The van der Waals surface area contributed by atoms with Crippen LogP contribution in [0, 0.1) is 0 Å². The van der Waals surface area contributed by atoms with Crippen molar-refractivity contribution in [1.82, 2.24) is 30.7 Å². The first kappa shape index (κ1) is 22.0. The highest BCUT2D eigenvalue weighted by atomic mass is 16.5. The summed E-state index contributed by atoms with van der Waals surface area (Å²) in [5.41, 5.74) is 2.06. The van der Waals surface area contributed by atoms with Crippen molar-refractivity contribution in [3.8, 4) is 11.6 Å². The maximum absolute atomic E-state index is 5.32. The molecule has 1 aliphatic rings. The summed E-state index contributed by atoms with van der Waals surface area (Å²) in [7, 11) is 1.80. The van der Waals surface area contributed by atoms with Gasteiger partial charge in [0.15, 0.2) is 11.8 Å². The fourth-order valence-electron chi connectivity index (χ4n) is 4.00. The van der Waals surface area contributed by atoms with Crippen LogP contribution in [0.4, 0.5) is 0 Å². The van der Waals surface area contributed by atoms with Crippen LogP contribution in [0.3, 0.4) is 0 Å². The Labute approximate surface area is 189 Å². The Balaban J connectivity index is 1.20. The molecule has 2 N–H and O–H groups in total. The fourth-order valence-corrected chi connectivity index (χ4v) is 4.00. The maximum Gasteiger partial charge on any atom is 0.276 e. The van der Waals surface area contributed by atoms with Crippen LogP contribution in [0.5, 0.6) is 0 Å². The first-order chi connectivity index (χ1) is 15.7. The zero-order chi connectivity index (χ0) is 22.2. The fraction of sp³-hybridized carbons (Fsp3) is 0.417. The van der Waals surface area contributed by atoms with Crippen LogP contribution in [0.15, 0.2) is 64.2 Å². The quantitative estimate of drug-likeness (QED) is 0.437. The molecule has 168 valence electrons. The van der Waals surface area contributed by atoms with Gasteiger partial charge < -0.3 is 15.2 Å². The number of aromatic nitrogens is 3. The molecule has 1 atom stereocenters. The Hall–Kier alpha value is -3.26. The molecule has 2 aromatic heterocycles. The molecule has 1 aliphatic heterocycles. The normalized spacial score (nSPS) is 16.6. The molecule has 1 fully saturated rings. The second-order valence-corrected chi connectivity index (χ2v) is 8.02. The summed E-state index contributed by atoms with van der Waals surface area (Å²) in [6, 6.07) is 17.2. The molecule has 0 amide bonds. The Bertz CT molecular complexity index is 982. The summed E-state index contributed by atoms with van der Waals surface area (Å²) in [6.45, 7) is 5.11. The summed E-state index contributed by atoms with van der Waals surface area (Å²) in [6.07, 6.45) is 4.54. The molecule has 8 nitrogen and oxygen atoms in total. The molecule has 8 heteroatoms. The Morgan fingerprint density at radius 2 is 1.94 bits per heavy atom. The highest BCUT2D eigenvalue weighted by Gasteiger charge is 2.24. The highest BCUT2D eigenvalue weighted by Crippen LogP contribution is 2.24. The number of benzene rings is 1. The van der Waals surface area contributed by atoms with Crippen molar-refractivity contribution in [3.05, 3.63) is 66.1 Å². The molecular formula is C24H31N7O. The molecule has 0 spiro atoms. The zero-order valence-electron chi connectivity index (χ0n) is 18.7. The minimum atomic E-state index is 0.418. The van der Waals surface area contributed by atoms with Gasteiger partial charge in [-0.15, -0.1) is 0 Å². The molecule has 3 aromatic rings. The summed E-state index contributed by atoms with van der Waals surface area (Å²) in [5.74, 6) is 1.91. The second-order valence-electron chi connectivity index (χ2n) is 8.02. The number of nitrogens with one attached hydrogen (secondary N) is 2. The van der Waals surface area contributed by atoms with Gasteiger partial charge in [0.1, 0.15) is 5.69 Å². The lowest BCUT2D eigenvalue weighted by molar-refractivity contribution is 0.158. The monoisotopic (exact) mass is 433 g/mol. The lowest BCUT2D eigenvalue weighted by Gasteiger charge is -2.37. The molecular weight excluding hydrogens is 402 g/mol. The van der Waals surface area contributed by atoms with Crippen molar-refractivity contribution >= 4 is 5.96 Å². The van der Waals surface area contributed by atoms with Gasteiger partial charge in [0.25, 0.3) is 5.89 Å². The van der Waals surface area contributed by atoms with Gasteiger partial charge in [0.05, 0.1) is 0 Å². The molecule has 0 radical (unpaired) electrons. The lowest BCUT2D eigenvalue weighted by atomic mass is 10.0. The van der Waals surface area contributed by atoms with E-state index in [2.05, 4.69) is 72.9 Å². The number of likely N-dealkylation sites (tertiary alicyclic amines) is 1. The average Bonchev–Trinajstić information content (AvgIpc) is 3.33. The molecule has 1 aromatic carbocycles.